The van der Waals surface area contributed by atoms with Crippen molar-refractivity contribution in [3.05, 3.63) is 28.2 Å². The average molecular weight is 278 g/mol. The van der Waals surface area contributed by atoms with Crippen LogP contribution in [0.2, 0.25) is 10.0 Å². The number of hydrogen-bond donors (Lipinski definition) is 1. The largest absolute Gasteiger partial charge is 0.378 e. The van der Waals surface area contributed by atoms with Crippen LogP contribution in [0.4, 0.5) is 5.69 Å². The zero-order valence-electron chi connectivity index (χ0n) is 10.0. The SMILES string of the molecule is CCOC(CNc1c(Cl)cccc1Cl)OCC. The Morgan fingerprint density at radius 1 is 1.12 bits per heavy atom. The van der Waals surface area contributed by atoms with Gasteiger partial charge in [0.15, 0.2) is 6.29 Å². The van der Waals surface area contributed by atoms with E-state index in [-0.39, 0.29) is 6.29 Å². The third-order valence-electron chi connectivity index (χ3n) is 2.11. The first-order chi connectivity index (χ1) is 8.19. The van der Waals surface area contributed by atoms with Crippen molar-refractivity contribution < 1.29 is 9.47 Å². The van der Waals surface area contributed by atoms with Gasteiger partial charge in [-0.15, -0.1) is 0 Å². The minimum absolute atomic E-state index is 0.294. The molecule has 0 fully saturated rings. The predicted octanol–water partition coefficient (Wildman–Crippen LogP) is 3.80. The fraction of sp³-hybridized carbons (Fsp3) is 0.500. The summed E-state index contributed by atoms with van der Waals surface area (Å²) in [7, 11) is 0. The second-order valence-electron chi connectivity index (χ2n) is 3.32. The lowest BCUT2D eigenvalue weighted by Gasteiger charge is -2.19. The maximum absolute atomic E-state index is 6.04. The molecule has 1 aromatic carbocycles. The van der Waals surface area contributed by atoms with Gasteiger partial charge in [0.2, 0.25) is 0 Å². The number of rotatable bonds is 7. The van der Waals surface area contributed by atoms with E-state index in [4.69, 9.17) is 32.7 Å². The Hall–Kier alpha value is -0.480. The Morgan fingerprint density at radius 3 is 2.12 bits per heavy atom. The van der Waals surface area contributed by atoms with Crippen LogP contribution in [0, 0.1) is 0 Å². The molecule has 0 aliphatic rings. The molecule has 0 atom stereocenters. The maximum atomic E-state index is 6.04. The van der Waals surface area contributed by atoms with E-state index in [1.165, 1.54) is 0 Å². The third-order valence-corrected chi connectivity index (χ3v) is 2.74. The minimum Gasteiger partial charge on any atom is -0.378 e. The number of anilines is 1. The topological polar surface area (TPSA) is 30.5 Å². The molecule has 17 heavy (non-hydrogen) atoms. The highest BCUT2D eigenvalue weighted by atomic mass is 35.5. The summed E-state index contributed by atoms with van der Waals surface area (Å²) >= 11 is 12.1. The summed E-state index contributed by atoms with van der Waals surface area (Å²) in [5, 5.41) is 4.31. The monoisotopic (exact) mass is 277 g/mol. The van der Waals surface area contributed by atoms with E-state index in [0.29, 0.717) is 35.5 Å². The predicted molar refractivity (Wildman–Crippen MR) is 72.0 cm³/mol. The number of ether oxygens (including phenoxy) is 2. The van der Waals surface area contributed by atoms with E-state index in [1.807, 2.05) is 13.8 Å². The Balaban J connectivity index is 2.58. The molecule has 3 nitrogen and oxygen atoms in total. The molecule has 0 bridgehead atoms. The van der Waals surface area contributed by atoms with Crippen molar-refractivity contribution in [3.63, 3.8) is 0 Å². The van der Waals surface area contributed by atoms with Gasteiger partial charge in [0.05, 0.1) is 22.3 Å². The van der Waals surface area contributed by atoms with Gasteiger partial charge in [0, 0.05) is 13.2 Å². The summed E-state index contributed by atoms with van der Waals surface area (Å²) in [6, 6.07) is 5.37. The van der Waals surface area contributed by atoms with Crippen LogP contribution in [0.5, 0.6) is 0 Å². The number of hydrogen-bond acceptors (Lipinski definition) is 3. The van der Waals surface area contributed by atoms with Crippen molar-refractivity contribution in [2.75, 3.05) is 25.1 Å². The molecular formula is C12H17Cl2NO2. The van der Waals surface area contributed by atoms with E-state index in [1.54, 1.807) is 18.2 Å². The molecule has 0 amide bonds. The molecular weight excluding hydrogens is 261 g/mol. The lowest BCUT2D eigenvalue weighted by Crippen LogP contribution is -2.26. The van der Waals surface area contributed by atoms with Gasteiger partial charge >= 0.3 is 0 Å². The maximum Gasteiger partial charge on any atom is 0.174 e. The molecule has 1 N–H and O–H groups in total. The number of nitrogens with one attached hydrogen (secondary N) is 1. The first kappa shape index (κ1) is 14.6. The molecule has 0 saturated carbocycles. The van der Waals surface area contributed by atoms with Crippen LogP contribution in [-0.2, 0) is 9.47 Å². The zero-order valence-corrected chi connectivity index (χ0v) is 11.5. The molecule has 0 aliphatic carbocycles. The Morgan fingerprint density at radius 2 is 1.65 bits per heavy atom. The molecule has 0 unspecified atom stereocenters. The fourth-order valence-electron chi connectivity index (χ4n) is 1.39. The van der Waals surface area contributed by atoms with Gasteiger partial charge in [-0.3, -0.25) is 0 Å². The van der Waals surface area contributed by atoms with Crippen molar-refractivity contribution in [1.29, 1.82) is 0 Å². The van der Waals surface area contributed by atoms with Gasteiger partial charge in [0.25, 0.3) is 0 Å². The first-order valence-electron chi connectivity index (χ1n) is 5.60. The van der Waals surface area contributed by atoms with E-state index in [2.05, 4.69) is 5.32 Å². The van der Waals surface area contributed by atoms with Gasteiger partial charge in [-0.1, -0.05) is 29.3 Å². The van der Waals surface area contributed by atoms with E-state index >= 15 is 0 Å². The summed E-state index contributed by atoms with van der Waals surface area (Å²) in [6.45, 7) is 5.55. The summed E-state index contributed by atoms with van der Waals surface area (Å²) in [4.78, 5) is 0. The standard InChI is InChI=1S/C12H17Cl2NO2/c1-3-16-11(17-4-2)8-15-12-9(13)6-5-7-10(12)14/h5-7,11,15H,3-4,8H2,1-2H3. The van der Waals surface area contributed by atoms with Crippen molar-refractivity contribution >= 4 is 28.9 Å². The van der Waals surface area contributed by atoms with Gasteiger partial charge < -0.3 is 14.8 Å². The van der Waals surface area contributed by atoms with Gasteiger partial charge in [0.1, 0.15) is 0 Å². The van der Waals surface area contributed by atoms with Crippen LogP contribution in [0.3, 0.4) is 0 Å². The van der Waals surface area contributed by atoms with Crippen LogP contribution in [-0.4, -0.2) is 26.0 Å². The van der Waals surface area contributed by atoms with Crippen molar-refractivity contribution in [3.8, 4) is 0 Å². The van der Waals surface area contributed by atoms with Gasteiger partial charge in [-0.05, 0) is 26.0 Å². The van der Waals surface area contributed by atoms with Crippen LogP contribution < -0.4 is 5.32 Å². The van der Waals surface area contributed by atoms with Crippen LogP contribution in [0.1, 0.15) is 13.8 Å². The molecule has 0 aliphatic heterocycles. The normalized spacial score (nSPS) is 10.9. The molecule has 0 saturated heterocycles. The second-order valence-corrected chi connectivity index (χ2v) is 4.13. The zero-order chi connectivity index (χ0) is 12.7. The van der Waals surface area contributed by atoms with Crippen LogP contribution in [0.15, 0.2) is 18.2 Å². The average Bonchev–Trinajstić information content (AvgIpc) is 2.29. The summed E-state index contributed by atoms with van der Waals surface area (Å²) in [5.41, 5.74) is 0.709. The molecule has 5 heteroatoms. The van der Waals surface area contributed by atoms with E-state index < -0.39 is 0 Å². The van der Waals surface area contributed by atoms with Crippen molar-refractivity contribution in [1.82, 2.24) is 0 Å². The number of halogens is 2. The van der Waals surface area contributed by atoms with Gasteiger partial charge in [-0.2, -0.15) is 0 Å². The third kappa shape index (κ3) is 4.72. The number of para-hydroxylation sites is 1. The Kier molecular flexibility index (Phi) is 6.66. The molecule has 0 heterocycles. The summed E-state index contributed by atoms with van der Waals surface area (Å²) < 4.78 is 10.8. The summed E-state index contributed by atoms with van der Waals surface area (Å²) in [6.07, 6.45) is -0.294. The molecule has 96 valence electrons. The first-order valence-corrected chi connectivity index (χ1v) is 6.35. The molecule has 0 spiro atoms. The van der Waals surface area contributed by atoms with Crippen LogP contribution >= 0.6 is 23.2 Å². The minimum atomic E-state index is -0.294. The highest BCUT2D eigenvalue weighted by Gasteiger charge is 2.10. The number of benzene rings is 1. The smallest absolute Gasteiger partial charge is 0.174 e. The van der Waals surface area contributed by atoms with Crippen molar-refractivity contribution in [2.45, 2.75) is 20.1 Å². The van der Waals surface area contributed by atoms with Crippen molar-refractivity contribution in [2.24, 2.45) is 0 Å². The summed E-state index contributed by atoms with van der Waals surface area (Å²) in [5.74, 6) is 0. The fourth-order valence-corrected chi connectivity index (χ4v) is 1.92. The molecule has 1 rings (SSSR count). The Labute approximate surface area is 112 Å². The van der Waals surface area contributed by atoms with E-state index in [9.17, 15) is 0 Å². The van der Waals surface area contributed by atoms with E-state index in [0.717, 1.165) is 0 Å². The van der Waals surface area contributed by atoms with Gasteiger partial charge in [-0.25, -0.2) is 0 Å². The second kappa shape index (κ2) is 7.77. The highest BCUT2D eigenvalue weighted by Crippen LogP contribution is 2.29. The molecule has 0 aromatic heterocycles. The molecule has 0 radical (unpaired) electrons. The molecule has 1 aromatic rings. The highest BCUT2D eigenvalue weighted by molar-refractivity contribution is 6.39. The van der Waals surface area contributed by atoms with Crippen LogP contribution in [0.25, 0.3) is 0 Å². The quantitative estimate of drug-likeness (QED) is 0.769. The Bertz CT molecular complexity index is 321. The lowest BCUT2D eigenvalue weighted by atomic mass is 10.3. The lowest BCUT2D eigenvalue weighted by molar-refractivity contribution is -0.126.